The zero-order valence-corrected chi connectivity index (χ0v) is 10.8. The van der Waals surface area contributed by atoms with Gasteiger partial charge in [-0.2, -0.15) is 0 Å². The summed E-state index contributed by atoms with van der Waals surface area (Å²) in [4.78, 5) is 4.06. The molecule has 0 fully saturated rings. The van der Waals surface area contributed by atoms with Crippen LogP contribution in [-0.4, -0.2) is 4.98 Å². The molecule has 18 heavy (non-hydrogen) atoms. The molecular weight excluding hydrogens is 251 g/mol. The van der Waals surface area contributed by atoms with E-state index in [1.54, 1.807) is 24.5 Å². The van der Waals surface area contributed by atoms with Gasteiger partial charge in [0.2, 0.25) is 0 Å². The van der Waals surface area contributed by atoms with Crippen LogP contribution in [0.5, 0.6) is 0 Å². The van der Waals surface area contributed by atoms with E-state index in [-0.39, 0.29) is 11.9 Å². The molecule has 4 heteroatoms. The Labute approximate surface area is 111 Å². The minimum Gasteiger partial charge on any atom is -0.306 e. The second-order valence-corrected chi connectivity index (χ2v) is 4.56. The molecule has 0 saturated carbocycles. The molecule has 0 unspecified atom stereocenters. The maximum atomic E-state index is 13.5. The summed E-state index contributed by atoms with van der Waals surface area (Å²) in [5.74, 6) is -0.245. The molecule has 0 amide bonds. The van der Waals surface area contributed by atoms with Crippen LogP contribution >= 0.6 is 11.6 Å². The summed E-state index contributed by atoms with van der Waals surface area (Å²) < 4.78 is 13.5. The Morgan fingerprint density at radius 1 is 1.39 bits per heavy atom. The predicted molar refractivity (Wildman–Crippen MR) is 70.9 cm³/mol. The lowest BCUT2D eigenvalue weighted by Crippen LogP contribution is -2.18. The van der Waals surface area contributed by atoms with E-state index in [9.17, 15) is 4.39 Å². The van der Waals surface area contributed by atoms with Gasteiger partial charge >= 0.3 is 0 Å². The Morgan fingerprint density at radius 2 is 2.22 bits per heavy atom. The van der Waals surface area contributed by atoms with E-state index in [2.05, 4.69) is 10.3 Å². The molecule has 94 valence electrons. The topological polar surface area (TPSA) is 24.9 Å². The van der Waals surface area contributed by atoms with Crippen LogP contribution in [-0.2, 0) is 6.54 Å². The Hall–Kier alpha value is -1.45. The molecule has 1 heterocycles. The average molecular weight is 265 g/mol. The lowest BCUT2D eigenvalue weighted by atomic mass is 10.1. The van der Waals surface area contributed by atoms with Gasteiger partial charge in [-0.05, 0) is 36.8 Å². The minimum atomic E-state index is -0.245. The summed E-state index contributed by atoms with van der Waals surface area (Å²) >= 11 is 5.84. The molecule has 0 aliphatic rings. The van der Waals surface area contributed by atoms with Gasteiger partial charge in [-0.15, -0.1) is 0 Å². The maximum absolute atomic E-state index is 13.5. The highest BCUT2D eigenvalue weighted by atomic mass is 35.5. The van der Waals surface area contributed by atoms with Gasteiger partial charge in [0.25, 0.3) is 0 Å². The molecule has 0 radical (unpaired) electrons. The molecule has 0 bridgehead atoms. The second-order valence-electron chi connectivity index (χ2n) is 4.12. The van der Waals surface area contributed by atoms with Gasteiger partial charge in [-0.1, -0.05) is 17.7 Å². The second kappa shape index (κ2) is 5.94. The van der Waals surface area contributed by atoms with Crippen molar-refractivity contribution in [1.29, 1.82) is 0 Å². The first kappa shape index (κ1) is 13.0. The fourth-order valence-corrected chi connectivity index (χ4v) is 1.89. The summed E-state index contributed by atoms with van der Waals surface area (Å²) in [5, 5.41) is 3.79. The van der Waals surface area contributed by atoms with Crippen LogP contribution in [0.2, 0.25) is 5.02 Å². The maximum Gasteiger partial charge on any atom is 0.127 e. The predicted octanol–water partition coefficient (Wildman–Crippen LogP) is 3.72. The number of rotatable bonds is 4. The monoisotopic (exact) mass is 264 g/mol. The standard InChI is InChI=1S/C14H14ClFN2/c1-10(11-3-2-6-17-8-11)18-9-12-7-13(15)4-5-14(12)16/h2-8,10,18H,9H2,1H3/t10-/m0/s1. The van der Waals surface area contributed by atoms with Crippen LogP contribution in [0.4, 0.5) is 4.39 Å². The van der Waals surface area contributed by atoms with Crippen molar-refractivity contribution in [2.24, 2.45) is 0 Å². The molecule has 1 N–H and O–H groups in total. The molecule has 1 atom stereocenters. The highest BCUT2D eigenvalue weighted by Gasteiger charge is 2.07. The van der Waals surface area contributed by atoms with Crippen molar-refractivity contribution >= 4 is 11.6 Å². The van der Waals surface area contributed by atoms with Crippen molar-refractivity contribution in [3.8, 4) is 0 Å². The van der Waals surface area contributed by atoms with Crippen LogP contribution in [0.3, 0.4) is 0 Å². The summed E-state index contributed by atoms with van der Waals surface area (Å²) in [6.07, 6.45) is 3.53. The summed E-state index contributed by atoms with van der Waals surface area (Å²) in [6, 6.07) is 8.54. The van der Waals surface area contributed by atoms with Crippen molar-refractivity contribution in [2.75, 3.05) is 0 Å². The Kier molecular flexibility index (Phi) is 4.28. The van der Waals surface area contributed by atoms with Gasteiger partial charge in [0.1, 0.15) is 5.82 Å². The van der Waals surface area contributed by atoms with E-state index >= 15 is 0 Å². The molecule has 0 aliphatic heterocycles. The van der Waals surface area contributed by atoms with Crippen LogP contribution < -0.4 is 5.32 Å². The number of nitrogens with zero attached hydrogens (tertiary/aromatic N) is 1. The van der Waals surface area contributed by atoms with Gasteiger partial charge in [-0.3, -0.25) is 4.98 Å². The number of hydrogen-bond acceptors (Lipinski definition) is 2. The smallest absolute Gasteiger partial charge is 0.127 e. The third kappa shape index (κ3) is 3.28. The average Bonchev–Trinajstić information content (AvgIpc) is 2.40. The van der Waals surface area contributed by atoms with Crippen LogP contribution in [0, 0.1) is 5.82 Å². The lowest BCUT2D eigenvalue weighted by molar-refractivity contribution is 0.543. The number of halogens is 2. The number of benzene rings is 1. The van der Waals surface area contributed by atoms with Crippen molar-refractivity contribution in [1.82, 2.24) is 10.3 Å². The lowest BCUT2D eigenvalue weighted by Gasteiger charge is -2.14. The summed E-state index contributed by atoms with van der Waals surface area (Å²) in [5.41, 5.74) is 1.64. The van der Waals surface area contributed by atoms with Crippen molar-refractivity contribution < 1.29 is 4.39 Å². The molecule has 0 spiro atoms. The number of hydrogen-bond donors (Lipinski definition) is 1. The van der Waals surface area contributed by atoms with E-state index < -0.39 is 0 Å². The van der Waals surface area contributed by atoms with Crippen molar-refractivity contribution in [3.05, 3.63) is 64.7 Å². The number of pyridine rings is 1. The quantitative estimate of drug-likeness (QED) is 0.910. The van der Waals surface area contributed by atoms with Gasteiger partial charge in [0.15, 0.2) is 0 Å². The SMILES string of the molecule is C[C@H](NCc1cc(Cl)ccc1F)c1cccnc1. The highest BCUT2D eigenvalue weighted by molar-refractivity contribution is 6.30. The summed E-state index contributed by atoms with van der Waals surface area (Å²) in [7, 11) is 0. The van der Waals surface area contributed by atoms with Crippen molar-refractivity contribution in [2.45, 2.75) is 19.5 Å². The van der Waals surface area contributed by atoms with Crippen LogP contribution in [0.1, 0.15) is 24.1 Å². The fraction of sp³-hybridized carbons (Fsp3) is 0.214. The normalized spacial score (nSPS) is 12.4. The number of aromatic nitrogens is 1. The molecule has 0 aliphatic carbocycles. The molecular formula is C14H14ClFN2. The van der Waals surface area contributed by atoms with E-state index in [0.717, 1.165) is 5.56 Å². The highest BCUT2D eigenvalue weighted by Crippen LogP contribution is 2.16. The molecule has 2 nitrogen and oxygen atoms in total. The third-order valence-corrected chi connectivity index (χ3v) is 3.03. The first-order chi connectivity index (χ1) is 8.66. The molecule has 1 aromatic heterocycles. The van der Waals surface area contributed by atoms with Crippen LogP contribution in [0.25, 0.3) is 0 Å². The van der Waals surface area contributed by atoms with E-state index in [1.807, 2.05) is 19.1 Å². The van der Waals surface area contributed by atoms with E-state index in [0.29, 0.717) is 17.1 Å². The van der Waals surface area contributed by atoms with Gasteiger partial charge < -0.3 is 5.32 Å². The van der Waals surface area contributed by atoms with Crippen molar-refractivity contribution in [3.63, 3.8) is 0 Å². The summed E-state index contributed by atoms with van der Waals surface area (Å²) in [6.45, 7) is 2.45. The molecule has 1 aromatic carbocycles. The third-order valence-electron chi connectivity index (χ3n) is 2.79. The van der Waals surface area contributed by atoms with Gasteiger partial charge in [-0.25, -0.2) is 4.39 Å². The first-order valence-electron chi connectivity index (χ1n) is 5.74. The largest absolute Gasteiger partial charge is 0.306 e. The molecule has 0 saturated heterocycles. The first-order valence-corrected chi connectivity index (χ1v) is 6.12. The van der Waals surface area contributed by atoms with E-state index in [1.165, 1.54) is 6.07 Å². The molecule has 2 aromatic rings. The fourth-order valence-electron chi connectivity index (χ4n) is 1.69. The van der Waals surface area contributed by atoms with Crippen LogP contribution in [0.15, 0.2) is 42.7 Å². The number of nitrogens with one attached hydrogen (secondary N) is 1. The zero-order valence-electron chi connectivity index (χ0n) is 10.0. The van der Waals surface area contributed by atoms with Gasteiger partial charge in [0, 0.05) is 35.6 Å². The Morgan fingerprint density at radius 3 is 2.94 bits per heavy atom. The zero-order chi connectivity index (χ0) is 13.0. The van der Waals surface area contributed by atoms with E-state index in [4.69, 9.17) is 11.6 Å². The Balaban J connectivity index is 2.01. The minimum absolute atomic E-state index is 0.108. The Bertz CT molecular complexity index is 516. The van der Waals surface area contributed by atoms with Gasteiger partial charge in [0.05, 0.1) is 0 Å². The molecule has 2 rings (SSSR count).